The first-order chi connectivity index (χ1) is 18.0. The van der Waals surface area contributed by atoms with Crippen LogP contribution in [-0.4, -0.2) is 69.2 Å². The Morgan fingerprint density at radius 3 is 2.84 bits per heavy atom. The topological polar surface area (TPSA) is 90.2 Å². The lowest BCUT2D eigenvalue weighted by Gasteiger charge is -2.32. The van der Waals surface area contributed by atoms with Gasteiger partial charge in [-0.3, -0.25) is 4.68 Å². The summed E-state index contributed by atoms with van der Waals surface area (Å²) < 4.78 is 29.7. The maximum atomic E-state index is 15.0. The molecule has 0 saturated carbocycles. The number of rotatable bonds is 6. The number of fused-ring (bicyclic) bond motifs is 2. The van der Waals surface area contributed by atoms with Crippen LogP contribution in [0.1, 0.15) is 6.42 Å². The average Bonchev–Trinajstić information content (AvgIpc) is 3.51. The lowest BCUT2D eigenvalue weighted by Crippen LogP contribution is -2.45. The maximum Gasteiger partial charge on any atom is 0.240 e. The number of benzene rings is 2. The Morgan fingerprint density at radius 2 is 2.00 bits per heavy atom. The molecule has 2 aromatic carbocycles. The van der Waals surface area contributed by atoms with E-state index in [2.05, 4.69) is 25.4 Å². The number of piperidine rings is 1. The second kappa shape index (κ2) is 9.56. The Balaban J connectivity index is 1.47. The van der Waals surface area contributed by atoms with E-state index in [9.17, 15) is 0 Å². The molecule has 2 atom stereocenters. The molecule has 11 heteroatoms. The van der Waals surface area contributed by atoms with Crippen molar-refractivity contribution in [2.75, 3.05) is 32.6 Å². The number of alkyl halides is 1. The van der Waals surface area contributed by atoms with Gasteiger partial charge in [0, 0.05) is 32.0 Å². The number of nitrogens with one attached hydrogen (secondary N) is 1. The highest BCUT2D eigenvalue weighted by atomic mass is 32.1. The molecule has 0 unspecified atom stereocenters. The van der Waals surface area contributed by atoms with Crippen LogP contribution in [0.2, 0.25) is 0 Å². The van der Waals surface area contributed by atoms with Crippen molar-refractivity contribution in [2.45, 2.75) is 18.7 Å². The van der Waals surface area contributed by atoms with Gasteiger partial charge in [-0.25, -0.2) is 19.3 Å². The summed E-state index contributed by atoms with van der Waals surface area (Å²) in [6.07, 6.45) is 2.28. The molecule has 1 aliphatic rings. The lowest BCUT2D eigenvalue weighted by molar-refractivity contribution is 0.0323. The monoisotopic (exact) mass is 519 g/mol. The molecule has 0 radical (unpaired) electrons. The number of anilines is 2. The van der Waals surface area contributed by atoms with Crippen LogP contribution < -0.4 is 14.8 Å². The van der Waals surface area contributed by atoms with E-state index in [1.165, 1.54) is 6.33 Å². The normalized spacial score (nSPS) is 18.4. The van der Waals surface area contributed by atoms with Crippen LogP contribution in [0.5, 0.6) is 11.6 Å². The van der Waals surface area contributed by atoms with E-state index in [1.807, 2.05) is 61.0 Å². The number of aryl methyl sites for hydroxylation is 1. The Labute approximate surface area is 216 Å². The van der Waals surface area contributed by atoms with Gasteiger partial charge < -0.3 is 19.7 Å². The Hall–Kier alpha value is -3.83. The van der Waals surface area contributed by atoms with Gasteiger partial charge in [0.1, 0.15) is 30.2 Å². The second-order valence-corrected chi connectivity index (χ2v) is 10.1. The van der Waals surface area contributed by atoms with Crippen molar-refractivity contribution in [3.63, 3.8) is 0 Å². The fraction of sp³-hybridized carbons (Fsp3) is 0.308. The molecule has 3 aromatic heterocycles. The van der Waals surface area contributed by atoms with Crippen molar-refractivity contribution in [3.05, 3.63) is 48.4 Å². The first-order valence-electron chi connectivity index (χ1n) is 11.9. The van der Waals surface area contributed by atoms with Crippen LogP contribution in [0, 0.1) is 0 Å². The zero-order valence-electron chi connectivity index (χ0n) is 20.7. The smallest absolute Gasteiger partial charge is 0.240 e. The molecule has 5 aromatic rings. The molecule has 1 fully saturated rings. The third-order valence-corrected chi connectivity index (χ3v) is 7.35. The van der Waals surface area contributed by atoms with E-state index in [0.717, 1.165) is 33.6 Å². The standard InChI is InChI=1S/C26H26FN7O2S/c1-33-7-6-21(18(27)12-33)36-22-9-15(17-11-34(2)32-26(17)35-3)8-20-24(22)25(29-13-28-20)31-16-4-5-19-23(10-16)37-14-30-19/h4-5,8-11,13-14,18,21H,6-7,12H2,1-3H3,(H,28,29,31)/t18-,21+/m0/s1. The zero-order chi connectivity index (χ0) is 25.5. The predicted octanol–water partition coefficient (Wildman–Crippen LogP) is 4.81. The molecule has 1 N–H and O–H groups in total. The molecule has 190 valence electrons. The minimum Gasteiger partial charge on any atom is -0.486 e. The van der Waals surface area contributed by atoms with Crippen LogP contribution in [0.4, 0.5) is 15.9 Å². The Morgan fingerprint density at radius 1 is 1.11 bits per heavy atom. The summed E-state index contributed by atoms with van der Waals surface area (Å²) >= 11 is 1.57. The number of hydrogen-bond donors (Lipinski definition) is 1. The molecule has 0 aliphatic carbocycles. The van der Waals surface area contributed by atoms with Crippen molar-refractivity contribution in [2.24, 2.45) is 7.05 Å². The first kappa shape index (κ1) is 23.6. The highest BCUT2D eigenvalue weighted by Gasteiger charge is 2.30. The SMILES string of the molecule is COc1nn(C)cc1-c1cc(O[C@@H]2CCN(C)C[C@@H]2F)c2c(Nc3ccc4ncsc4c3)ncnc2c1. The van der Waals surface area contributed by atoms with Crippen molar-refractivity contribution in [1.29, 1.82) is 0 Å². The summed E-state index contributed by atoms with van der Waals surface area (Å²) in [7, 11) is 5.34. The molecule has 9 nitrogen and oxygen atoms in total. The van der Waals surface area contributed by atoms with Gasteiger partial charge in [0.2, 0.25) is 5.88 Å². The van der Waals surface area contributed by atoms with E-state index in [1.54, 1.807) is 23.1 Å². The number of thiazole rings is 1. The largest absolute Gasteiger partial charge is 0.486 e. The quantitative estimate of drug-likeness (QED) is 0.342. The molecule has 0 spiro atoms. The number of halogens is 1. The summed E-state index contributed by atoms with van der Waals surface area (Å²) in [4.78, 5) is 15.4. The number of hydrogen-bond acceptors (Lipinski definition) is 9. The molecule has 0 bridgehead atoms. The van der Waals surface area contributed by atoms with Gasteiger partial charge in [-0.1, -0.05) is 0 Å². The molecule has 6 rings (SSSR count). The summed E-state index contributed by atoms with van der Waals surface area (Å²) in [6, 6.07) is 9.80. The maximum absolute atomic E-state index is 15.0. The van der Waals surface area contributed by atoms with Crippen molar-refractivity contribution < 1.29 is 13.9 Å². The minimum atomic E-state index is -1.11. The molecule has 4 heterocycles. The van der Waals surface area contributed by atoms with Crippen LogP contribution >= 0.6 is 11.3 Å². The van der Waals surface area contributed by atoms with Gasteiger partial charge in [0.25, 0.3) is 0 Å². The minimum absolute atomic E-state index is 0.329. The van der Waals surface area contributed by atoms with E-state index in [0.29, 0.717) is 41.3 Å². The lowest BCUT2D eigenvalue weighted by atomic mass is 10.0. The Bertz CT molecular complexity index is 1590. The fourth-order valence-electron chi connectivity index (χ4n) is 4.71. The van der Waals surface area contributed by atoms with Crippen molar-refractivity contribution in [3.8, 4) is 22.8 Å². The van der Waals surface area contributed by atoms with E-state index in [-0.39, 0.29) is 0 Å². The summed E-state index contributed by atoms with van der Waals surface area (Å²) in [5.74, 6) is 1.58. The van der Waals surface area contributed by atoms with Crippen LogP contribution in [0.15, 0.2) is 48.4 Å². The van der Waals surface area contributed by atoms with Gasteiger partial charge >= 0.3 is 0 Å². The van der Waals surface area contributed by atoms with Crippen LogP contribution in [0.3, 0.4) is 0 Å². The second-order valence-electron chi connectivity index (χ2n) is 9.20. The zero-order valence-corrected chi connectivity index (χ0v) is 21.5. The van der Waals surface area contributed by atoms with Gasteiger partial charge in [-0.15, -0.1) is 16.4 Å². The number of ether oxygens (including phenoxy) is 2. The van der Waals surface area contributed by atoms with Crippen molar-refractivity contribution >= 4 is 44.0 Å². The molecular formula is C26H26FN7O2S. The highest BCUT2D eigenvalue weighted by Crippen LogP contribution is 2.40. The van der Waals surface area contributed by atoms with E-state index < -0.39 is 12.3 Å². The molecular weight excluding hydrogens is 493 g/mol. The van der Waals surface area contributed by atoms with E-state index in [4.69, 9.17) is 9.47 Å². The Kier molecular flexibility index (Phi) is 6.09. The number of methoxy groups -OCH3 is 1. The summed E-state index contributed by atoms with van der Waals surface area (Å²) in [5.41, 5.74) is 5.90. The van der Waals surface area contributed by atoms with Crippen LogP contribution in [-0.2, 0) is 7.05 Å². The van der Waals surface area contributed by atoms with Gasteiger partial charge in [0.15, 0.2) is 0 Å². The molecule has 0 amide bonds. The average molecular weight is 520 g/mol. The van der Waals surface area contributed by atoms with Gasteiger partial charge in [-0.05, 0) is 49.4 Å². The summed E-state index contributed by atoms with van der Waals surface area (Å²) in [6.45, 7) is 1.09. The predicted molar refractivity (Wildman–Crippen MR) is 143 cm³/mol. The first-order valence-corrected chi connectivity index (χ1v) is 12.8. The van der Waals surface area contributed by atoms with Gasteiger partial charge in [0.05, 0.1) is 39.3 Å². The number of aromatic nitrogens is 5. The van der Waals surface area contributed by atoms with E-state index >= 15 is 4.39 Å². The highest BCUT2D eigenvalue weighted by molar-refractivity contribution is 7.16. The summed E-state index contributed by atoms with van der Waals surface area (Å²) in [5, 5.41) is 8.48. The molecule has 1 aliphatic heterocycles. The third-order valence-electron chi connectivity index (χ3n) is 6.56. The van der Waals surface area contributed by atoms with Crippen LogP contribution in [0.25, 0.3) is 32.2 Å². The number of likely N-dealkylation sites (tertiary alicyclic amines) is 1. The van der Waals surface area contributed by atoms with Gasteiger partial charge in [-0.2, -0.15) is 0 Å². The molecule has 1 saturated heterocycles. The number of nitrogens with zero attached hydrogens (tertiary/aromatic N) is 6. The third kappa shape index (κ3) is 4.56. The van der Waals surface area contributed by atoms with Crippen molar-refractivity contribution in [1.82, 2.24) is 29.6 Å². The fourth-order valence-corrected chi connectivity index (χ4v) is 5.43. The molecule has 37 heavy (non-hydrogen) atoms.